The summed E-state index contributed by atoms with van der Waals surface area (Å²) in [6.07, 6.45) is 0.600. The van der Waals surface area contributed by atoms with Crippen molar-refractivity contribution in [2.45, 2.75) is 71.0 Å². The van der Waals surface area contributed by atoms with E-state index in [9.17, 15) is 18.0 Å². The lowest BCUT2D eigenvalue weighted by Crippen LogP contribution is -2.47. The first-order chi connectivity index (χ1) is 9.34. The normalized spacial score (nSPS) is 14.9. The van der Waals surface area contributed by atoms with Crippen LogP contribution in [0.1, 0.15) is 58.8 Å². The standard InChI is InChI=1S/C14H26F3NO2/c1-3-5-6-7-8-9-11(12(18)14(15,16)17)13(19)20-10-4-2/h11-12H,3-10,18H2,1-2H3/t11-,12-/m1/s1. The lowest BCUT2D eigenvalue weighted by atomic mass is 9.93. The number of esters is 1. The molecule has 2 atom stereocenters. The lowest BCUT2D eigenvalue weighted by Gasteiger charge is -2.24. The van der Waals surface area contributed by atoms with E-state index in [0.717, 1.165) is 25.7 Å². The zero-order chi connectivity index (χ0) is 15.6. The second kappa shape index (κ2) is 10.0. The first kappa shape index (κ1) is 19.2. The third-order valence-corrected chi connectivity index (χ3v) is 3.18. The molecule has 0 rings (SSSR count). The maximum atomic E-state index is 12.7. The van der Waals surface area contributed by atoms with Crippen molar-refractivity contribution in [2.75, 3.05) is 6.61 Å². The monoisotopic (exact) mass is 297 g/mol. The van der Waals surface area contributed by atoms with E-state index in [0.29, 0.717) is 12.8 Å². The van der Waals surface area contributed by atoms with E-state index in [1.807, 2.05) is 0 Å². The van der Waals surface area contributed by atoms with Gasteiger partial charge in [0.2, 0.25) is 0 Å². The Morgan fingerprint density at radius 1 is 1.10 bits per heavy atom. The zero-order valence-corrected chi connectivity index (χ0v) is 12.3. The number of carbonyl (C=O) groups excluding carboxylic acids is 1. The first-order valence-corrected chi connectivity index (χ1v) is 7.33. The van der Waals surface area contributed by atoms with E-state index in [2.05, 4.69) is 6.92 Å². The smallest absolute Gasteiger partial charge is 0.404 e. The van der Waals surface area contributed by atoms with E-state index in [1.165, 1.54) is 0 Å². The number of unbranched alkanes of at least 4 members (excludes halogenated alkanes) is 4. The van der Waals surface area contributed by atoms with Gasteiger partial charge in [-0.2, -0.15) is 13.2 Å². The van der Waals surface area contributed by atoms with Crippen LogP contribution >= 0.6 is 0 Å². The highest BCUT2D eigenvalue weighted by Gasteiger charge is 2.45. The fourth-order valence-electron chi connectivity index (χ4n) is 1.95. The molecule has 0 saturated carbocycles. The number of nitrogens with two attached hydrogens (primary N) is 1. The molecule has 2 N–H and O–H groups in total. The van der Waals surface area contributed by atoms with E-state index in [1.54, 1.807) is 6.92 Å². The molecule has 0 radical (unpaired) electrons. The van der Waals surface area contributed by atoms with Crippen molar-refractivity contribution in [3.8, 4) is 0 Å². The maximum Gasteiger partial charge on any atom is 0.404 e. The highest BCUT2D eigenvalue weighted by Crippen LogP contribution is 2.28. The quantitative estimate of drug-likeness (QED) is 0.493. The third-order valence-electron chi connectivity index (χ3n) is 3.18. The fraction of sp³-hybridized carbons (Fsp3) is 0.929. The van der Waals surface area contributed by atoms with Crippen LogP contribution in [0, 0.1) is 5.92 Å². The molecule has 0 aliphatic rings. The lowest BCUT2D eigenvalue weighted by molar-refractivity contribution is -0.177. The summed E-state index contributed by atoms with van der Waals surface area (Å²) in [5.41, 5.74) is 5.18. The van der Waals surface area contributed by atoms with Gasteiger partial charge in [-0.05, 0) is 12.8 Å². The van der Waals surface area contributed by atoms with Crippen molar-refractivity contribution < 1.29 is 22.7 Å². The fourth-order valence-corrected chi connectivity index (χ4v) is 1.95. The average molecular weight is 297 g/mol. The molecule has 0 aromatic heterocycles. The summed E-state index contributed by atoms with van der Waals surface area (Å²) >= 11 is 0. The number of rotatable bonds is 10. The van der Waals surface area contributed by atoms with E-state index >= 15 is 0 Å². The largest absolute Gasteiger partial charge is 0.465 e. The van der Waals surface area contributed by atoms with Crippen LogP contribution < -0.4 is 5.73 Å². The molecule has 20 heavy (non-hydrogen) atoms. The minimum atomic E-state index is -4.57. The molecule has 0 aromatic rings. The van der Waals surface area contributed by atoms with Crippen LogP contribution in [0.5, 0.6) is 0 Å². The molecule has 0 aromatic carbocycles. The van der Waals surface area contributed by atoms with E-state index in [-0.39, 0.29) is 13.0 Å². The van der Waals surface area contributed by atoms with Gasteiger partial charge in [0.25, 0.3) is 0 Å². The van der Waals surface area contributed by atoms with Crippen LogP contribution in [0.4, 0.5) is 13.2 Å². The van der Waals surface area contributed by atoms with Gasteiger partial charge in [0.1, 0.15) is 6.04 Å². The molecule has 0 saturated heterocycles. The van der Waals surface area contributed by atoms with Crippen LogP contribution in [0.2, 0.25) is 0 Å². The molecule has 0 spiro atoms. The van der Waals surface area contributed by atoms with Crippen molar-refractivity contribution in [3.05, 3.63) is 0 Å². The number of ether oxygens (including phenoxy) is 1. The number of halogens is 3. The Hall–Kier alpha value is -0.780. The van der Waals surface area contributed by atoms with Crippen LogP contribution in [-0.4, -0.2) is 24.8 Å². The zero-order valence-electron chi connectivity index (χ0n) is 12.3. The topological polar surface area (TPSA) is 52.3 Å². The summed E-state index contributed by atoms with van der Waals surface area (Å²) in [5.74, 6) is -2.12. The maximum absolute atomic E-state index is 12.7. The molecular weight excluding hydrogens is 271 g/mol. The van der Waals surface area contributed by atoms with Gasteiger partial charge in [0, 0.05) is 0 Å². The SMILES string of the molecule is CCCCCCC[C@@H](C(=O)OCCC)[C@@H](N)C(F)(F)F. The summed E-state index contributed by atoms with van der Waals surface area (Å²) in [4.78, 5) is 11.7. The Balaban J connectivity index is 4.43. The number of carbonyl (C=O) groups is 1. The number of hydrogen-bond donors (Lipinski definition) is 1. The molecule has 6 heteroatoms. The molecular formula is C14H26F3NO2. The van der Waals surface area contributed by atoms with Gasteiger partial charge in [0.05, 0.1) is 12.5 Å². The van der Waals surface area contributed by atoms with Crippen molar-refractivity contribution in [1.29, 1.82) is 0 Å². The Bertz CT molecular complexity index is 270. The van der Waals surface area contributed by atoms with Crippen molar-refractivity contribution in [2.24, 2.45) is 11.7 Å². The molecule has 0 bridgehead atoms. The number of hydrogen-bond acceptors (Lipinski definition) is 3. The molecule has 0 unspecified atom stereocenters. The molecule has 0 heterocycles. The van der Waals surface area contributed by atoms with Crippen LogP contribution in [0.3, 0.4) is 0 Å². The van der Waals surface area contributed by atoms with Crippen LogP contribution in [0.25, 0.3) is 0 Å². The Morgan fingerprint density at radius 3 is 2.20 bits per heavy atom. The van der Waals surface area contributed by atoms with Gasteiger partial charge >= 0.3 is 12.1 Å². The molecule has 0 aliphatic heterocycles. The van der Waals surface area contributed by atoms with Gasteiger partial charge in [-0.1, -0.05) is 46.0 Å². The van der Waals surface area contributed by atoms with Gasteiger partial charge < -0.3 is 10.5 Å². The van der Waals surface area contributed by atoms with E-state index < -0.39 is 24.1 Å². The first-order valence-electron chi connectivity index (χ1n) is 7.33. The summed E-state index contributed by atoms with van der Waals surface area (Å²) in [5, 5.41) is 0. The minimum absolute atomic E-state index is 0.132. The molecule has 120 valence electrons. The molecule has 3 nitrogen and oxygen atoms in total. The van der Waals surface area contributed by atoms with Crippen molar-refractivity contribution in [3.63, 3.8) is 0 Å². The highest BCUT2D eigenvalue weighted by atomic mass is 19.4. The van der Waals surface area contributed by atoms with Gasteiger partial charge in [-0.3, -0.25) is 4.79 Å². The van der Waals surface area contributed by atoms with Gasteiger partial charge in [0.15, 0.2) is 0 Å². The summed E-state index contributed by atoms with van der Waals surface area (Å²) in [7, 11) is 0. The van der Waals surface area contributed by atoms with Crippen molar-refractivity contribution in [1.82, 2.24) is 0 Å². The molecule has 0 fully saturated rings. The predicted octanol–water partition coefficient (Wildman–Crippen LogP) is 3.81. The summed E-state index contributed by atoms with van der Waals surface area (Å²) in [6, 6.07) is -2.14. The number of alkyl halides is 3. The van der Waals surface area contributed by atoms with Gasteiger partial charge in [-0.25, -0.2) is 0 Å². The van der Waals surface area contributed by atoms with E-state index in [4.69, 9.17) is 10.5 Å². The Morgan fingerprint density at radius 2 is 1.70 bits per heavy atom. The van der Waals surface area contributed by atoms with Gasteiger partial charge in [-0.15, -0.1) is 0 Å². The summed E-state index contributed by atoms with van der Waals surface area (Å²) in [6.45, 7) is 3.98. The summed E-state index contributed by atoms with van der Waals surface area (Å²) < 4.78 is 42.9. The van der Waals surface area contributed by atoms with Crippen molar-refractivity contribution >= 4 is 5.97 Å². The second-order valence-electron chi connectivity index (χ2n) is 5.04. The van der Waals surface area contributed by atoms with Crippen LogP contribution in [-0.2, 0) is 9.53 Å². The second-order valence-corrected chi connectivity index (χ2v) is 5.04. The average Bonchev–Trinajstić information content (AvgIpc) is 2.38. The minimum Gasteiger partial charge on any atom is -0.465 e. The van der Waals surface area contributed by atoms with Crippen LogP contribution in [0.15, 0.2) is 0 Å². The Labute approximate surface area is 119 Å². The Kier molecular flexibility index (Phi) is 9.63. The molecule has 0 aliphatic carbocycles. The molecule has 0 amide bonds. The highest BCUT2D eigenvalue weighted by molar-refractivity contribution is 5.73. The predicted molar refractivity (Wildman–Crippen MR) is 72.1 cm³/mol. The third kappa shape index (κ3) is 7.72.